The zero-order valence-electron chi connectivity index (χ0n) is 20.2. The van der Waals surface area contributed by atoms with E-state index in [1.165, 1.54) is 7.11 Å². The zero-order valence-corrected chi connectivity index (χ0v) is 21.7. The number of allylic oxidation sites excluding steroid dienone is 1. The molecule has 3 rings (SSSR count). The van der Waals surface area contributed by atoms with Gasteiger partial charge in [-0.3, -0.25) is 4.79 Å². The third-order valence-corrected chi connectivity index (χ3v) is 5.85. The molecule has 35 heavy (non-hydrogen) atoms. The number of methoxy groups -OCH3 is 1. The second-order valence-electron chi connectivity index (χ2n) is 7.93. The van der Waals surface area contributed by atoms with Crippen molar-refractivity contribution < 1.29 is 23.8 Å². The molecule has 1 heterocycles. The number of thiocarbonyl (C=S) groups is 1. The van der Waals surface area contributed by atoms with Crippen LogP contribution in [-0.2, 0) is 14.3 Å². The van der Waals surface area contributed by atoms with Gasteiger partial charge in [-0.05, 0) is 63.7 Å². The summed E-state index contributed by atoms with van der Waals surface area (Å²) in [7, 11) is 1.47. The Labute approximate surface area is 215 Å². The van der Waals surface area contributed by atoms with Crippen molar-refractivity contribution in [1.82, 2.24) is 10.6 Å². The summed E-state index contributed by atoms with van der Waals surface area (Å²) in [5.74, 6) is -0.214. The Kier molecular flexibility index (Phi) is 8.58. The van der Waals surface area contributed by atoms with Gasteiger partial charge in [0.05, 0.1) is 30.4 Å². The number of hydrogen-bond acceptors (Lipinski definition) is 6. The first-order chi connectivity index (χ1) is 16.6. The smallest absolute Gasteiger partial charge is 0.347 e. The molecule has 3 N–H and O–H groups in total. The summed E-state index contributed by atoms with van der Waals surface area (Å²) in [6.07, 6.45) is -0.867. The van der Waals surface area contributed by atoms with Crippen LogP contribution in [-0.4, -0.2) is 36.8 Å². The molecule has 10 heteroatoms. The van der Waals surface area contributed by atoms with E-state index in [0.717, 1.165) is 5.56 Å². The fourth-order valence-corrected chi connectivity index (χ4v) is 4.20. The molecule has 0 saturated carbocycles. The largest absolute Gasteiger partial charge is 0.493 e. The lowest BCUT2D eigenvalue weighted by molar-refractivity contribution is -0.150. The second-order valence-corrected chi connectivity index (χ2v) is 8.75. The Morgan fingerprint density at radius 2 is 1.94 bits per heavy atom. The number of aryl methyl sites for hydroxylation is 1. The van der Waals surface area contributed by atoms with Crippen molar-refractivity contribution >= 4 is 46.5 Å². The van der Waals surface area contributed by atoms with Crippen molar-refractivity contribution in [2.75, 3.05) is 19.0 Å². The Balaban J connectivity index is 1.97. The van der Waals surface area contributed by atoms with Gasteiger partial charge < -0.3 is 30.2 Å². The van der Waals surface area contributed by atoms with Crippen LogP contribution in [0.15, 0.2) is 47.7 Å². The van der Waals surface area contributed by atoms with Crippen LogP contribution in [0.1, 0.15) is 37.9 Å². The molecular weight excluding hydrogens is 490 g/mol. The molecule has 0 aromatic heterocycles. The van der Waals surface area contributed by atoms with Crippen molar-refractivity contribution in [3.8, 4) is 11.5 Å². The Morgan fingerprint density at radius 3 is 2.60 bits per heavy atom. The van der Waals surface area contributed by atoms with Crippen LogP contribution in [0.5, 0.6) is 11.5 Å². The van der Waals surface area contributed by atoms with Gasteiger partial charge in [-0.25, -0.2) is 4.79 Å². The summed E-state index contributed by atoms with van der Waals surface area (Å²) in [5, 5.41) is 9.72. The summed E-state index contributed by atoms with van der Waals surface area (Å²) in [6, 6.07) is 10.1. The van der Waals surface area contributed by atoms with Crippen LogP contribution in [0.3, 0.4) is 0 Å². The maximum Gasteiger partial charge on any atom is 0.347 e. The van der Waals surface area contributed by atoms with E-state index in [0.29, 0.717) is 38.4 Å². The first-order valence-electron chi connectivity index (χ1n) is 11.0. The molecule has 2 atom stereocenters. The molecule has 1 aliphatic heterocycles. The topological polar surface area (TPSA) is 97.9 Å². The van der Waals surface area contributed by atoms with Crippen molar-refractivity contribution in [1.29, 1.82) is 0 Å². The number of anilines is 1. The third-order valence-electron chi connectivity index (χ3n) is 5.31. The first-order valence-corrected chi connectivity index (χ1v) is 11.8. The van der Waals surface area contributed by atoms with E-state index in [9.17, 15) is 9.59 Å². The van der Waals surface area contributed by atoms with Gasteiger partial charge in [-0.1, -0.05) is 23.7 Å². The van der Waals surface area contributed by atoms with Crippen molar-refractivity contribution in [2.24, 2.45) is 0 Å². The molecule has 0 spiro atoms. The summed E-state index contributed by atoms with van der Waals surface area (Å²) in [5.41, 5.74) is 3.25. The van der Waals surface area contributed by atoms with E-state index in [-0.39, 0.29) is 18.3 Å². The van der Waals surface area contributed by atoms with Gasteiger partial charge in [0.15, 0.2) is 22.7 Å². The van der Waals surface area contributed by atoms with E-state index in [1.54, 1.807) is 32.9 Å². The lowest BCUT2D eigenvalue weighted by atomic mass is 9.94. The maximum atomic E-state index is 13.4. The Morgan fingerprint density at radius 1 is 1.20 bits per heavy atom. The number of benzene rings is 2. The number of ether oxygens (including phenoxy) is 3. The predicted molar refractivity (Wildman–Crippen MR) is 139 cm³/mol. The van der Waals surface area contributed by atoms with Gasteiger partial charge in [-0.2, -0.15) is 0 Å². The summed E-state index contributed by atoms with van der Waals surface area (Å²) >= 11 is 12.0. The fraction of sp³-hybridized carbons (Fsp3) is 0.320. The molecule has 0 bridgehead atoms. The number of halogens is 1. The predicted octanol–water partition coefficient (Wildman–Crippen LogP) is 4.42. The molecular formula is C25H28ClN3O5S. The molecule has 2 aromatic carbocycles. The molecule has 0 fully saturated rings. The number of amides is 1. The van der Waals surface area contributed by atoms with Crippen molar-refractivity contribution in [3.63, 3.8) is 0 Å². The van der Waals surface area contributed by atoms with Crippen molar-refractivity contribution in [2.45, 2.75) is 39.8 Å². The highest BCUT2D eigenvalue weighted by molar-refractivity contribution is 7.80. The van der Waals surface area contributed by atoms with E-state index in [1.807, 2.05) is 31.2 Å². The minimum absolute atomic E-state index is 0.240. The summed E-state index contributed by atoms with van der Waals surface area (Å²) in [6.45, 7) is 7.25. The minimum atomic E-state index is -0.867. The Bertz CT molecular complexity index is 1180. The number of carbonyl (C=O) groups excluding carboxylic acids is 2. The van der Waals surface area contributed by atoms with E-state index < -0.39 is 18.1 Å². The van der Waals surface area contributed by atoms with Crippen LogP contribution < -0.4 is 25.4 Å². The van der Waals surface area contributed by atoms with Gasteiger partial charge in [0.1, 0.15) is 0 Å². The van der Waals surface area contributed by atoms with Gasteiger partial charge >= 0.3 is 5.97 Å². The molecule has 1 aliphatic rings. The van der Waals surface area contributed by atoms with Crippen LogP contribution in [0.2, 0.25) is 5.02 Å². The van der Waals surface area contributed by atoms with Crippen LogP contribution in [0, 0.1) is 6.92 Å². The minimum Gasteiger partial charge on any atom is -0.493 e. The monoisotopic (exact) mass is 517 g/mol. The first kappa shape index (κ1) is 26.3. The highest BCUT2D eigenvalue weighted by atomic mass is 35.5. The lowest BCUT2D eigenvalue weighted by Crippen LogP contribution is -2.45. The van der Waals surface area contributed by atoms with Gasteiger partial charge in [0.25, 0.3) is 5.91 Å². The zero-order chi connectivity index (χ0) is 25.7. The lowest BCUT2D eigenvalue weighted by Gasteiger charge is -2.31. The van der Waals surface area contributed by atoms with Gasteiger partial charge in [0.2, 0.25) is 0 Å². The fourth-order valence-electron chi connectivity index (χ4n) is 3.67. The third kappa shape index (κ3) is 6.23. The standard InChI is InChI=1S/C25H28ClN3O5S/c1-6-33-24(31)15(4)34-20-12-18(26)17(11-19(20)32-5)22-21(14(3)27-25(35)29-22)23(30)28-16-9-7-8-13(2)10-16/h7-12,15,22H,6H2,1-5H3,(H,28,30)(H2,27,29,35). The van der Waals surface area contributed by atoms with E-state index in [4.69, 9.17) is 38.0 Å². The maximum absolute atomic E-state index is 13.4. The molecule has 0 saturated heterocycles. The number of rotatable bonds is 8. The van der Waals surface area contributed by atoms with E-state index >= 15 is 0 Å². The molecule has 8 nitrogen and oxygen atoms in total. The van der Waals surface area contributed by atoms with Crippen LogP contribution >= 0.6 is 23.8 Å². The SMILES string of the molecule is CCOC(=O)C(C)Oc1cc(Cl)c(C2NC(=S)NC(C)=C2C(=O)Nc2cccc(C)c2)cc1OC. The number of esters is 1. The highest BCUT2D eigenvalue weighted by Gasteiger charge is 2.32. The molecule has 1 amide bonds. The molecule has 2 unspecified atom stereocenters. The molecule has 0 radical (unpaired) electrons. The summed E-state index contributed by atoms with van der Waals surface area (Å²) < 4.78 is 16.2. The van der Waals surface area contributed by atoms with Crippen LogP contribution in [0.25, 0.3) is 0 Å². The van der Waals surface area contributed by atoms with Crippen molar-refractivity contribution in [3.05, 3.63) is 63.8 Å². The van der Waals surface area contributed by atoms with Gasteiger partial charge in [-0.15, -0.1) is 0 Å². The van der Waals surface area contributed by atoms with E-state index in [2.05, 4.69) is 16.0 Å². The molecule has 186 valence electrons. The Hall–Kier alpha value is -3.30. The van der Waals surface area contributed by atoms with Crippen LogP contribution in [0.4, 0.5) is 5.69 Å². The number of hydrogen-bond donors (Lipinski definition) is 3. The average Bonchev–Trinajstić information content (AvgIpc) is 2.78. The van der Waals surface area contributed by atoms with Gasteiger partial charge in [0, 0.05) is 23.0 Å². The number of nitrogens with one attached hydrogen (secondary N) is 3. The highest BCUT2D eigenvalue weighted by Crippen LogP contribution is 2.40. The average molecular weight is 518 g/mol. The summed E-state index contributed by atoms with van der Waals surface area (Å²) in [4.78, 5) is 25.4. The normalized spacial score (nSPS) is 16.1. The molecule has 0 aliphatic carbocycles. The number of carbonyl (C=O) groups is 2. The second kappa shape index (κ2) is 11.4. The molecule has 2 aromatic rings. The quantitative estimate of drug-likeness (QED) is 0.350.